The van der Waals surface area contributed by atoms with E-state index in [-0.39, 0.29) is 36.0 Å². The van der Waals surface area contributed by atoms with Gasteiger partial charge in [0.15, 0.2) is 0 Å². The van der Waals surface area contributed by atoms with Gasteiger partial charge in [0.25, 0.3) is 11.8 Å². The first-order chi connectivity index (χ1) is 31.5. The van der Waals surface area contributed by atoms with Crippen molar-refractivity contribution < 1.29 is 19.1 Å². The SMILES string of the molecule is C=CC[C@@H]1O[C@H](c2cc(Cl)cc(Cl)c2)C(c2ccc(Cl)cc2)N([C@@H](CC)CSC(C)C)C1=O.C=CC[C@H]1O[C@H](c2cc(Cl)cc(Cl)c2)C(c2ccc(Cl)cc2)N([C@@H](CC)CSC(C)C)C1=O. The number of carbonyl (C=O) groups excluding carboxylic acids is 2. The topological polar surface area (TPSA) is 59.1 Å². The van der Waals surface area contributed by atoms with Crippen LogP contribution in [0.25, 0.3) is 0 Å². The van der Waals surface area contributed by atoms with E-state index in [2.05, 4.69) is 54.7 Å². The van der Waals surface area contributed by atoms with E-state index < -0.39 is 24.4 Å². The third-order valence-corrected chi connectivity index (χ3v) is 15.3. The molecule has 0 N–H and O–H groups in total. The summed E-state index contributed by atoms with van der Waals surface area (Å²) in [5, 5.41) is 4.34. The predicted molar refractivity (Wildman–Crippen MR) is 283 cm³/mol. The normalized spacial score (nSPS) is 22.0. The zero-order chi connectivity index (χ0) is 48.2. The number of amides is 2. The van der Waals surface area contributed by atoms with Crippen LogP contribution in [0.4, 0.5) is 0 Å². The summed E-state index contributed by atoms with van der Waals surface area (Å²) < 4.78 is 12.9. The van der Waals surface area contributed by atoms with Gasteiger partial charge in [0.2, 0.25) is 0 Å². The third-order valence-electron chi connectivity index (χ3n) is 11.4. The van der Waals surface area contributed by atoms with E-state index in [9.17, 15) is 9.59 Å². The summed E-state index contributed by atoms with van der Waals surface area (Å²) in [6.45, 7) is 20.6. The minimum atomic E-state index is -0.619. The van der Waals surface area contributed by atoms with E-state index in [1.165, 1.54) is 0 Å². The third kappa shape index (κ3) is 14.4. The average molecular weight is 1050 g/mol. The lowest BCUT2D eigenvalue weighted by molar-refractivity contribution is -0.178. The number of morpholine rings is 2. The molecule has 0 saturated carbocycles. The lowest BCUT2D eigenvalue weighted by atomic mass is 9.89. The Balaban J connectivity index is 0.000000247. The van der Waals surface area contributed by atoms with Crippen molar-refractivity contribution in [1.29, 1.82) is 0 Å². The predicted octanol–water partition coefficient (Wildman–Crippen LogP) is 16.3. The number of ether oxygens (including phenoxy) is 2. The van der Waals surface area contributed by atoms with Gasteiger partial charge in [-0.2, -0.15) is 23.5 Å². The van der Waals surface area contributed by atoms with Crippen molar-refractivity contribution in [3.8, 4) is 0 Å². The van der Waals surface area contributed by atoms with Crippen LogP contribution in [0.15, 0.2) is 110 Å². The second-order valence-corrected chi connectivity index (χ2v) is 22.8. The molecule has 8 atom stereocenters. The summed E-state index contributed by atoms with van der Waals surface area (Å²) in [6, 6.07) is 25.5. The molecular formula is C52H60Cl6N2O4S2. The Kier molecular flexibility index (Phi) is 21.5. The maximum Gasteiger partial charge on any atom is 0.252 e. The molecule has 2 saturated heterocycles. The van der Waals surface area contributed by atoms with Crippen molar-refractivity contribution in [2.75, 3.05) is 11.5 Å². The van der Waals surface area contributed by atoms with E-state index in [1.54, 1.807) is 24.3 Å². The lowest BCUT2D eigenvalue weighted by Crippen LogP contribution is -2.55. The molecule has 0 bridgehead atoms. The molecule has 2 fully saturated rings. The fourth-order valence-electron chi connectivity index (χ4n) is 8.34. The number of hydrogen-bond acceptors (Lipinski definition) is 6. The summed E-state index contributed by atoms with van der Waals surface area (Å²) in [5.74, 6) is 1.65. The molecule has 2 aliphatic rings. The van der Waals surface area contributed by atoms with Gasteiger partial charge in [0.05, 0.1) is 12.1 Å². The summed E-state index contributed by atoms with van der Waals surface area (Å²) >= 11 is 41.5. The maximum atomic E-state index is 13.8. The minimum Gasteiger partial charge on any atom is -0.358 e. The molecule has 2 unspecified atom stereocenters. The molecule has 2 amide bonds. The Labute approximate surface area is 431 Å². The van der Waals surface area contributed by atoms with Crippen LogP contribution < -0.4 is 0 Å². The molecular weight excluding hydrogens is 993 g/mol. The number of nitrogens with zero attached hydrogens (tertiary/aromatic N) is 2. The highest BCUT2D eigenvalue weighted by Gasteiger charge is 2.48. The monoisotopic (exact) mass is 1050 g/mol. The van der Waals surface area contributed by atoms with E-state index in [0.717, 1.165) is 46.6 Å². The zero-order valence-corrected chi connectivity index (χ0v) is 44.4. The largest absolute Gasteiger partial charge is 0.358 e. The molecule has 0 aliphatic carbocycles. The van der Waals surface area contributed by atoms with Gasteiger partial charge >= 0.3 is 0 Å². The Hall–Kier alpha value is -2.34. The van der Waals surface area contributed by atoms with Crippen molar-refractivity contribution in [2.24, 2.45) is 0 Å². The molecule has 2 aliphatic heterocycles. The van der Waals surface area contributed by atoms with Gasteiger partial charge in [-0.15, -0.1) is 13.2 Å². The molecule has 356 valence electrons. The Morgan fingerprint density at radius 2 is 0.848 bits per heavy atom. The first-order valence-corrected chi connectivity index (χ1v) is 26.7. The van der Waals surface area contributed by atoms with E-state index in [1.807, 2.05) is 106 Å². The highest BCUT2D eigenvalue weighted by Crippen LogP contribution is 2.47. The van der Waals surface area contributed by atoms with Gasteiger partial charge in [-0.25, -0.2) is 0 Å². The molecule has 6 rings (SSSR count). The molecule has 6 nitrogen and oxygen atoms in total. The fourth-order valence-corrected chi connectivity index (χ4v) is 11.7. The van der Waals surface area contributed by atoms with Crippen LogP contribution in [0, 0.1) is 0 Å². The van der Waals surface area contributed by atoms with Crippen LogP contribution in [0.2, 0.25) is 30.1 Å². The Morgan fingerprint density at radius 3 is 1.12 bits per heavy atom. The van der Waals surface area contributed by atoms with E-state index >= 15 is 0 Å². The van der Waals surface area contributed by atoms with Gasteiger partial charge in [0, 0.05) is 66.6 Å². The lowest BCUT2D eigenvalue weighted by Gasteiger charge is -2.48. The van der Waals surface area contributed by atoms with Gasteiger partial charge in [-0.05, 0) is 106 Å². The van der Waals surface area contributed by atoms with E-state index in [4.69, 9.17) is 79.1 Å². The van der Waals surface area contributed by atoms with Gasteiger partial charge in [-0.3, -0.25) is 9.59 Å². The molecule has 2 heterocycles. The highest BCUT2D eigenvalue weighted by atomic mass is 35.5. The minimum absolute atomic E-state index is 0.0181. The number of thioether (sulfide) groups is 2. The van der Waals surface area contributed by atoms with Crippen LogP contribution in [-0.4, -0.2) is 67.9 Å². The molecule has 66 heavy (non-hydrogen) atoms. The number of benzene rings is 4. The zero-order valence-electron chi connectivity index (χ0n) is 38.3. The smallest absolute Gasteiger partial charge is 0.252 e. The number of carbonyl (C=O) groups is 2. The Bertz CT molecular complexity index is 2050. The second-order valence-electron chi connectivity index (χ2n) is 16.9. The molecule has 0 radical (unpaired) electrons. The number of halogens is 6. The second kappa shape index (κ2) is 26.0. The van der Waals surface area contributed by atoms with Crippen molar-refractivity contribution in [2.45, 2.75) is 126 Å². The van der Waals surface area contributed by atoms with Crippen LogP contribution >= 0.6 is 93.1 Å². The molecule has 4 aromatic carbocycles. The van der Waals surface area contributed by atoms with Crippen LogP contribution in [0.5, 0.6) is 0 Å². The molecule has 4 aromatic rings. The van der Waals surface area contributed by atoms with Gasteiger partial charge in [0.1, 0.15) is 24.4 Å². The standard InChI is InChI=1S/2C26H30Cl3NO2S/c2*1-5-7-23-26(31)30(22(6-2)15-33-16(3)4)24(17-8-10-19(27)11-9-17)25(32-23)18-12-20(28)14-21(29)13-18/h2*5,8-14,16,22-25H,1,6-7,15H2,2-4H3/t22-,23+,24?,25+;22-,23-,24?,25+/m00/s1. The van der Waals surface area contributed by atoms with Crippen LogP contribution in [0.1, 0.15) is 114 Å². The van der Waals surface area contributed by atoms with Crippen molar-refractivity contribution >= 4 is 105 Å². The highest BCUT2D eigenvalue weighted by molar-refractivity contribution is 8.00. The van der Waals surface area contributed by atoms with Crippen LogP contribution in [0.3, 0.4) is 0 Å². The maximum absolute atomic E-state index is 13.8. The molecule has 14 heteroatoms. The summed E-state index contributed by atoms with van der Waals surface area (Å²) in [4.78, 5) is 31.6. The van der Waals surface area contributed by atoms with Crippen molar-refractivity contribution in [1.82, 2.24) is 9.80 Å². The summed E-state index contributed by atoms with van der Waals surface area (Å²) in [7, 11) is 0. The van der Waals surface area contributed by atoms with Gasteiger partial charge in [-0.1, -0.05) is 148 Å². The average Bonchev–Trinajstić information content (AvgIpc) is 3.26. The van der Waals surface area contributed by atoms with E-state index in [0.29, 0.717) is 53.5 Å². The first kappa shape index (κ1) is 54.6. The quantitative estimate of drug-likeness (QED) is 0.0926. The van der Waals surface area contributed by atoms with Gasteiger partial charge < -0.3 is 19.3 Å². The fraction of sp³-hybridized carbons (Fsp3) is 0.423. The number of hydrogen-bond donors (Lipinski definition) is 0. The Morgan fingerprint density at radius 1 is 0.530 bits per heavy atom. The summed E-state index contributed by atoms with van der Waals surface area (Å²) in [6.07, 6.45) is 3.87. The van der Waals surface area contributed by atoms with Crippen molar-refractivity contribution in [3.05, 3.63) is 163 Å². The molecule has 0 aromatic heterocycles. The summed E-state index contributed by atoms with van der Waals surface area (Å²) in [5.41, 5.74) is 3.59. The number of rotatable bonds is 18. The molecule has 0 spiro atoms. The van der Waals surface area contributed by atoms with Crippen molar-refractivity contribution in [3.63, 3.8) is 0 Å². The first-order valence-electron chi connectivity index (χ1n) is 22.3. The van der Waals surface area contributed by atoms with Crippen LogP contribution in [-0.2, 0) is 19.1 Å².